The van der Waals surface area contributed by atoms with Crippen molar-refractivity contribution >= 4 is 0 Å². The Bertz CT molecular complexity index is 730. The van der Waals surface area contributed by atoms with Gasteiger partial charge in [-0.05, 0) is 23.8 Å². The van der Waals surface area contributed by atoms with Gasteiger partial charge in [0, 0.05) is 12.0 Å². The molecule has 0 fully saturated rings. The highest BCUT2D eigenvalue weighted by Crippen LogP contribution is 2.48. The van der Waals surface area contributed by atoms with E-state index in [9.17, 15) is 26.3 Å². The molecule has 0 amide bonds. The van der Waals surface area contributed by atoms with Gasteiger partial charge in [0.25, 0.3) is 0 Å². The van der Waals surface area contributed by atoms with Crippen molar-refractivity contribution in [1.82, 2.24) is 0 Å². The van der Waals surface area contributed by atoms with Crippen molar-refractivity contribution in [3.63, 3.8) is 0 Å². The van der Waals surface area contributed by atoms with Crippen molar-refractivity contribution in [2.45, 2.75) is 18.8 Å². The smallest absolute Gasteiger partial charge is 0.417 e. The number of hydrogen-bond acceptors (Lipinski definition) is 1. The van der Waals surface area contributed by atoms with Crippen LogP contribution in [0.5, 0.6) is 11.5 Å². The molecule has 2 aromatic carbocycles. The van der Waals surface area contributed by atoms with Gasteiger partial charge >= 0.3 is 12.4 Å². The molecule has 116 valence electrons. The summed E-state index contributed by atoms with van der Waals surface area (Å²) in [7, 11) is 0. The topological polar surface area (TPSA) is 9.23 Å². The molecule has 1 aliphatic heterocycles. The first kappa shape index (κ1) is 14.7. The lowest BCUT2D eigenvalue weighted by molar-refractivity contribution is -0.162. The number of para-hydroxylation sites is 1. The van der Waals surface area contributed by atoms with E-state index in [0.29, 0.717) is 17.4 Å². The van der Waals surface area contributed by atoms with Crippen LogP contribution in [0.3, 0.4) is 0 Å². The fraction of sp³-hybridized carbons (Fsp3) is 0.200. The molecule has 0 radical (unpaired) electrons. The Balaban J connectivity index is 2.24. The van der Waals surface area contributed by atoms with Gasteiger partial charge in [-0.2, -0.15) is 26.3 Å². The van der Waals surface area contributed by atoms with E-state index in [-0.39, 0.29) is 12.2 Å². The standard InChI is InChI=1S/C15H8F6O/c16-14(17,18)10-5-6-12-9(13(10)15(19,20)21)7-8-3-1-2-4-11(8)22-12/h1-6H,7H2. The number of benzene rings is 2. The summed E-state index contributed by atoms with van der Waals surface area (Å²) >= 11 is 0. The van der Waals surface area contributed by atoms with E-state index in [1.54, 1.807) is 18.2 Å². The fourth-order valence-electron chi connectivity index (χ4n) is 2.52. The van der Waals surface area contributed by atoms with Gasteiger partial charge < -0.3 is 4.74 Å². The third-order valence-corrected chi connectivity index (χ3v) is 3.42. The summed E-state index contributed by atoms with van der Waals surface area (Å²) in [6, 6.07) is 7.66. The lowest BCUT2D eigenvalue weighted by Crippen LogP contribution is -2.21. The van der Waals surface area contributed by atoms with Crippen molar-refractivity contribution in [1.29, 1.82) is 0 Å². The van der Waals surface area contributed by atoms with Crippen LogP contribution in [0, 0.1) is 0 Å². The Morgan fingerprint density at radius 1 is 0.773 bits per heavy atom. The highest BCUT2D eigenvalue weighted by Gasteiger charge is 2.46. The van der Waals surface area contributed by atoms with E-state index in [4.69, 9.17) is 4.74 Å². The Labute approximate surface area is 121 Å². The summed E-state index contributed by atoms with van der Waals surface area (Å²) in [5.74, 6) is 0.155. The first-order valence-electron chi connectivity index (χ1n) is 6.24. The van der Waals surface area contributed by atoms with Crippen molar-refractivity contribution in [2.24, 2.45) is 0 Å². The first-order valence-corrected chi connectivity index (χ1v) is 6.24. The molecule has 0 N–H and O–H groups in total. The predicted molar refractivity (Wildman–Crippen MR) is 65.8 cm³/mol. The average molecular weight is 318 g/mol. The van der Waals surface area contributed by atoms with Crippen molar-refractivity contribution in [3.8, 4) is 11.5 Å². The summed E-state index contributed by atoms with van der Waals surface area (Å²) < 4.78 is 83.6. The molecule has 1 nitrogen and oxygen atoms in total. The third kappa shape index (κ3) is 2.40. The van der Waals surface area contributed by atoms with Gasteiger partial charge in [0.1, 0.15) is 11.5 Å². The minimum Gasteiger partial charge on any atom is -0.457 e. The van der Waals surface area contributed by atoms with Crippen LogP contribution in [0.1, 0.15) is 22.3 Å². The summed E-state index contributed by atoms with van der Waals surface area (Å²) in [4.78, 5) is 0. The van der Waals surface area contributed by atoms with Crippen LogP contribution < -0.4 is 4.74 Å². The van der Waals surface area contributed by atoms with E-state index in [1.165, 1.54) is 6.07 Å². The van der Waals surface area contributed by atoms with Crippen LogP contribution in [0.2, 0.25) is 0 Å². The Morgan fingerprint density at radius 3 is 2.09 bits per heavy atom. The summed E-state index contributed by atoms with van der Waals surface area (Å²) in [5.41, 5.74) is -3.44. The SMILES string of the molecule is FC(F)(F)c1ccc2c(c1C(F)(F)F)Cc1ccccc1O2. The molecule has 0 aliphatic carbocycles. The predicted octanol–water partition coefficient (Wildman–Crippen LogP) is 5.42. The molecular weight excluding hydrogens is 310 g/mol. The molecule has 1 aliphatic rings. The zero-order valence-electron chi connectivity index (χ0n) is 10.8. The highest BCUT2D eigenvalue weighted by atomic mass is 19.4. The summed E-state index contributed by atoms with van der Waals surface area (Å²) in [6.07, 6.45) is -10.5. The van der Waals surface area contributed by atoms with E-state index in [1.807, 2.05) is 0 Å². The molecule has 0 saturated carbocycles. The molecule has 0 unspecified atom stereocenters. The first-order chi connectivity index (χ1) is 10.2. The minimum atomic E-state index is -5.12. The maximum Gasteiger partial charge on any atom is 0.417 e. The van der Waals surface area contributed by atoms with Gasteiger partial charge in [-0.15, -0.1) is 0 Å². The van der Waals surface area contributed by atoms with Crippen molar-refractivity contribution in [3.05, 3.63) is 58.7 Å². The number of ether oxygens (including phenoxy) is 1. The zero-order valence-corrected chi connectivity index (χ0v) is 10.8. The maximum atomic E-state index is 13.2. The average Bonchev–Trinajstić information content (AvgIpc) is 2.41. The molecule has 0 bridgehead atoms. The van der Waals surface area contributed by atoms with E-state index < -0.39 is 29.0 Å². The third-order valence-electron chi connectivity index (χ3n) is 3.42. The van der Waals surface area contributed by atoms with Gasteiger partial charge in [-0.3, -0.25) is 0 Å². The van der Waals surface area contributed by atoms with Crippen LogP contribution in [-0.2, 0) is 18.8 Å². The van der Waals surface area contributed by atoms with Gasteiger partial charge in [0.05, 0.1) is 11.1 Å². The molecule has 2 aromatic rings. The lowest BCUT2D eigenvalue weighted by atomic mass is 9.92. The molecule has 0 aromatic heterocycles. The van der Waals surface area contributed by atoms with Gasteiger partial charge in [-0.1, -0.05) is 18.2 Å². The quantitative estimate of drug-likeness (QED) is 0.503. The summed E-state index contributed by atoms with van der Waals surface area (Å²) in [5, 5.41) is 0. The normalized spacial score (nSPS) is 14.1. The largest absolute Gasteiger partial charge is 0.457 e. The number of alkyl halides is 6. The monoisotopic (exact) mass is 318 g/mol. The fourth-order valence-corrected chi connectivity index (χ4v) is 2.52. The lowest BCUT2D eigenvalue weighted by Gasteiger charge is -2.26. The van der Waals surface area contributed by atoms with Crippen LogP contribution >= 0.6 is 0 Å². The number of halogens is 6. The van der Waals surface area contributed by atoms with Gasteiger partial charge in [0.15, 0.2) is 0 Å². The maximum absolute atomic E-state index is 13.2. The molecule has 1 heterocycles. The van der Waals surface area contributed by atoms with Crippen LogP contribution in [-0.4, -0.2) is 0 Å². The van der Waals surface area contributed by atoms with Crippen molar-refractivity contribution < 1.29 is 31.1 Å². The Hall–Kier alpha value is -2.18. The van der Waals surface area contributed by atoms with Crippen molar-refractivity contribution in [2.75, 3.05) is 0 Å². The van der Waals surface area contributed by atoms with Crippen LogP contribution in [0.15, 0.2) is 36.4 Å². The molecule has 7 heteroatoms. The molecule has 0 atom stereocenters. The van der Waals surface area contributed by atoms with Crippen LogP contribution in [0.4, 0.5) is 26.3 Å². The number of hydrogen-bond donors (Lipinski definition) is 0. The second-order valence-corrected chi connectivity index (χ2v) is 4.85. The van der Waals surface area contributed by atoms with Crippen LogP contribution in [0.25, 0.3) is 0 Å². The zero-order chi connectivity index (χ0) is 16.1. The molecule has 22 heavy (non-hydrogen) atoms. The van der Waals surface area contributed by atoms with Gasteiger partial charge in [-0.25, -0.2) is 0 Å². The van der Waals surface area contributed by atoms with E-state index >= 15 is 0 Å². The molecule has 0 spiro atoms. The number of rotatable bonds is 0. The Morgan fingerprint density at radius 2 is 1.45 bits per heavy atom. The minimum absolute atomic E-state index is 0.195. The highest BCUT2D eigenvalue weighted by molar-refractivity contribution is 5.56. The molecular formula is C15H8F6O. The molecule has 0 saturated heterocycles. The second kappa shape index (κ2) is 4.66. The number of fused-ring (bicyclic) bond motifs is 2. The van der Waals surface area contributed by atoms with Gasteiger partial charge in [0.2, 0.25) is 0 Å². The molecule has 3 rings (SSSR count). The second-order valence-electron chi connectivity index (χ2n) is 4.85. The van der Waals surface area contributed by atoms with E-state index in [2.05, 4.69) is 0 Å². The summed E-state index contributed by atoms with van der Waals surface area (Å²) in [6.45, 7) is 0. The van der Waals surface area contributed by atoms with E-state index in [0.717, 1.165) is 6.07 Å². The Kier molecular flexibility index (Phi) is 3.12.